The molecule has 1 heterocycles. The fourth-order valence-corrected chi connectivity index (χ4v) is 3.32. The number of anilines is 1. The molecule has 1 saturated carbocycles. The predicted molar refractivity (Wildman–Crippen MR) is 82.2 cm³/mol. The summed E-state index contributed by atoms with van der Waals surface area (Å²) >= 11 is 0. The first-order chi connectivity index (χ1) is 10.6. The maximum absolute atomic E-state index is 12.6. The van der Waals surface area contributed by atoms with Crippen LogP contribution in [0.4, 0.5) is 5.69 Å². The zero-order valence-electron chi connectivity index (χ0n) is 12.5. The topological polar surface area (TPSA) is 80.5 Å². The molecule has 0 aromatic heterocycles. The lowest BCUT2D eigenvalue weighted by molar-refractivity contribution is -0.124. The summed E-state index contributed by atoms with van der Waals surface area (Å²) in [6, 6.07) is 4.73. The van der Waals surface area contributed by atoms with E-state index in [4.69, 9.17) is 5.73 Å². The summed E-state index contributed by atoms with van der Waals surface area (Å²) in [7, 11) is 0. The van der Waals surface area contributed by atoms with E-state index in [0.717, 1.165) is 18.4 Å². The Morgan fingerprint density at radius 2 is 1.82 bits per heavy atom. The first kappa shape index (κ1) is 14.8. The maximum Gasteiger partial charge on any atom is 0.255 e. The van der Waals surface area contributed by atoms with Crippen molar-refractivity contribution in [1.82, 2.24) is 4.90 Å². The van der Waals surface area contributed by atoms with Gasteiger partial charge in [-0.1, -0.05) is 0 Å². The molecule has 2 aliphatic rings. The van der Waals surface area contributed by atoms with Gasteiger partial charge in [0.2, 0.25) is 0 Å². The van der Waals surface area contributed by atoms with Crippen molar-refractivity contribution in [2.75, 3.05) is 5.73 Å². The number of rotatable bonds is 1. The number of nitrogen functional groups attached to an aromatic ring is 1. The van der Waals surface area contributed by atoms with Crippen LogP contribution < -0.4 is 5.73 Å². The molecule has 1 aliphatic heterocycles. The predicted octanol–water partition coefficient (Wildman–Crippen LogP) is 2.09. The standard InChI is InChI=1S/C17H20N2O3/c18-12-5-7-14-11(9-12)10-19(17(14)22)15-8-6-13(20)3-1-2-4-16(15)21/h5,7,9,15H,1-4,6,8,10,18H2. The third kappa shape index (κ3) is 2.75. The van der Waals surface area contributed by atoms with Crippen molar-refractivity contribution in [3.63, 3.8) is 0 Å². The zero-order valence-corrected chi connectivity index (χ0v) is 12.5. The number of hydrogen-bond acceptors (Lipinski definition) is 4. The van der Waals surface area contributed by atoms with E-state index in [1.807, 2.05) is 0 Å². The lowest BCUT2D eigenvalue weighted by Crippen LogP contribution is -2.41. The van der Waals surface area contributed by atoms with Gasteiger partial charge >= 0.3 is 0 Å². The Balaban J connectivity index is 1.84. The van der Waals surface area contributed by atoms with Crippen LogP contribution in [0.2, 0.25) is 0 Å². The van der Waals surface area contributed by atoms with Gasteiger partial charge in [-0.15, -0.1) is 0 Å². The summed E-state index contributed by atoms with van der Waals surface area (Å²) in [5.74, 6) is 0.136. The molecule has 1 aromatic rings. The van der Waals surface area contributed by atoms with Crippen molar-refractivity contribution in [2.24, 2.45) is 0 Å². The Bertz CT molecular complexity index is 639. The second-order valence-corrected chi connectivity index (χ2v) is 6.12. The molecule has 1 unspecified atom stereocenters. The molecule has 3 rings (SSSR count). The zero-order chi connectivity index (χ0) is 15.7. The van der Waals surface area contributed by atoms with Gasteiger partial charge in [0.1, 0.15) is 5.78 Å². The van der Waals surface area contributed by atoms with Gasteiger partial charge in [-0.05, 0) is 43.0 Å². The van der Waals surface area contributed by atoms with Crippen LogP contribution in [-0.2, 0) is 16.1 Å². The van der Waals surface area contributed by atoms with Crippen molar-refractivity contribution in [1.29, 1.82) is 0 Å². The number of benzene rings is 1. The van der Waals surface area contributed by atoms with Crippen LogP contribution in [-0.4, -0.2) is 28.4 Å². The molecule has 5 heteroatoms. The minimum absolute atomic E-state index is 0.0730. The van der Waals surface area contributed by atoms with Gasteiger partial charge < -0.3 is 10.6 Å². The first-order valence-corrected chi connectivity index (χ1v) is 7.80. The number of amides is 1. The lowest BCUT2D eigenvalue weighted by Gasteiger charge is -2.26. The third-order valence-corrected chi connectivity index (χ3v) is 4.53. The minimum Gasteiger partial charge on any atom is -0.399 e. The molecule has 5 nitrogen and oxygen atoms in total. The highest BCUT2D eigenvalue weighted by atomic mass is 16.2. The molecule has 0 saturated heterocycles. The largest absolute Gasteiger partial charge is 0.399 e. The molecular weight excluding hydrogens is 280 g/mol. The van der Waals surface area contributed by atoms with E-state index < -0.39 is 6.04 Å². The average molecular weight is 300 g/mol. The fraction of sp³-hybridized carbons (Fsp3) is 0.471. The molecular formula is C17H20N2O3. The van der Waals surface area contributed by atoms with Crippen LogP contribution >= 0.6 is 0 Å². The summed E-state index contributed by atoms with van der Waals surface area (Å²) in [6.07, 6.45) is 3.29. The lowest BCUT2D eigenvalue weighted by atomic mass is 10.0. The van der Waals surface area contributed by atoms with Crippen molar-refractivity contribution in [2.45, 2.75) is 51.1 Å². The molecule has 22 heavy (non-hydrogen) atoms. The van der Waals surface area contributed by atoms with Crippen LogP contribution in [0.5, 0.6) is 0 Å². The van der Waals surface area contributed by atoms with E-state index in [2.05, 4.69) is 0 Å². The summed E-state index contributed by atoms with van der Waals surface area (Å²) < 4.78 is 0. The van der Waals surface area contributed by atoms with Crippen LogP contribution in [0.1, 0.15) is 54.4 Å². The van der Waals surface area contributed by atoms with Crippen molar-refractivity contribution in [3.05, 3.63) is 29.3 Å². The number of carbonyl (C=O) groups is 3. The molecule has 1 aliphatic carbocycles. The second-order valence-electron chi connectivity index (χ2n) is 6.12. The van der Waals surface area contributed by atoms with Crippen molar-refractivity contribution < 1.29 is 14.4 Å². The average Bonchev–Trinajstić information content (AvgIpc) is 2.82. The SMILES string of the molecule is Nc1ccc2c(c1)CN(C1CCC(=O)CCCCC1=O)C2=O. The van der Waals surface area contributed by atoms with Crippen molar-refractivity contribution in [3.8, 4) is 0 Å². The number of hydrogen-bond donors (Lipinski definition) is 1. The van der Waals surface area contributed by atoms with Crippen LogP contribution in [0.3, 0.4) is 0 Å². The Kier molecular flexibility index (Phi) is 3.96. The van der Waals surface area contributed by atoms with E-state index in [1.165, 1.54) is 0 Å². The first-order valence-electron chi connectivity index (χ1n) is 7.80. The Hall–Kier alpha value is -2.17. The van der Waals surface area contributed by atoms with Gasteiger partial charge in [-0.25, -0.2) is 0 Å². The van der Waals surface area contributed by atoms with E-state index in [-0.39, 0.29) is 17.5 Å². The molecule has 0 spiro atoms. The molecule has 1 fully saturated rings. The molecule has 116 valence electrons. The number of carbonyl (C=O) groups excluding carboxylic acids is 3. The van der Waals surface area contributed by atoms with Crippen LogP contribution in [0.25, 0.3) is 0 Å². The maximum atomic E-state index is 12.6. The second kappa shape index (κ2) is 5.91. The van der Waals surface area contributed by atoms with Gasteiger partial charge in [-0.2, -0.15) is 0 Å². The fourth-order valence-electron chi connectivity index (χ4n) is 3.32. The monoisotopic (exact) mass is 300 g/mol. The highest BCUT2D eigenvalue weighted by molar-refractivity contribution is 6.01. The highest BCUT2D eigenvalue weighted by Crippen LogP contribution is 2.29. The van der Waals surface area contributed by atoms with Crippen molar-refractivity contribution >= 4 is 23.2 Å². The van der Waals surface area contributed by atoms with Crippen LogP contribution in [0, 0.1) is 0 Å². The number of nitrogens with two attached hydrogens (primary N) is 1. The van der Waals surface area contributed by atoms with Crippen LogP contribution in [0.15, 0.2) is 18.2 Å². The highest BCUT2D eigenvalue weighted by Gasteiger charge is 2.36. The summed E-state index contributed by atoms with van der Waals surface area (Å²) in [5.41, 5.74) is 7.87. The van der Waals surface area contributed by atoms with Gasteiger partial charge in [0.15, 0.2) is 5.78 Å². The van der Waals surface area contributed by atoms with E-state index in [1.54, 1.807) is 23.1 Å². The number of ketones is 2. The molecule has 1 amide bonds. The van der Waals surface area contributed by atoms with E-state index in [0.29, 0.717) is 43.5 Å². The molecule has 0 bridgehead atoms. The molecule has 1 aromatic carbocycles. The number of nitrogens with zero attached hydrogens (tertiary/aromatic N) is 1. The number of Topliss-reactive ketones (excluding diaryl/α,β-unsaturated/α-hetero) is 2. The molecule has 0 radical (unpaired) electrons. The van der Waals surface area contributed by atoms with E-state index in [9.17, 15) is 14.4 Å². The van der Waals surface area contributed by atoms with E-state index >= 15 is 0 Å². The number of fused-ring (bicyclic) bond motifs is 1. The Morgan fingerprint density at radius 3 is 2.64 bits per heavy atom. The smallest absolute Gasteiger partial charge is 0.255 e. The van der Waals surface area contributed by atoms with Gasteiger partial charge in [-0.3, -0.25) is 14.4 Å². The summed E-state index contributed by atoms with van der Waals surface area (Å²) in [5, 5.41) is 0. The Morgan fingerprint density at radius 1 is 1.05 bits per heavy atom. The summed E-state index contributed by atoms with van der Waals surface area (Å²) in [4.78, 5) is 38.4. The molecule has 1 atom stereocenters. The minimum atomic E-state index is -0.483. The summed E-state index contributed by atoms with van der Waals surface area (Å²) in [6.45, 7) is 0.407. The van der Waals surface area contributed by atoms with Gasteiger partial charge in [0.25, 0.3) is 5.91 Å². The van der Waals surface area contributed by atoms with Gasteiger partial charge in [0, 0.05) is 37.1 Å². The quantitative estimate of drug-likeness (QED) is 0.805. The Labute approximate surface area is 129 Å². The third-order valence-electron chi connectivity index (χ3n) is 4.53. The normalized spacial score (nSPS) is 23.0. The van der Waals surface area contributed by atoms with Gasteiger partial charge in [0.05, 0.1) is 6.04 Å². The molecule has 2 N–H and O–H groups in total.